The van der Waals surface area contributed by atoms with E-state index in [4.69, 9.17) is 9.47 Å². The number of nitrogens with zero attached hydrogens (tertiary/aromatic N) is 2. The van der Waals surface area contributed by atoms with Gasteiger partial charge in [-0.25, -0.2) is 9.18 Å². The van der Waals surface area contributed by atoms with Crippen LogP contribution < -0.4 is 15.7 Å². The number of hydrogen-bond donors (Lipinski definition) is 1. The largest absolute Gasteiger partial charge is 0.489 e. The average molecular weight is 424 g/mol. The molecule has 1 aromatic carbocycles. The van der Waals surface area contributed by atoms with Crippen LogP contribution in [0.25, 0.3) is 22.2 Å². The Hall–Kier alpha value is -3.46. The van der Waals surface area contributed by atoms with E-state index in [2.05, 4.69) is 0 Å². The highest BCUT2D eigenvalue weighted by molar-refractivity contribution is 5.91. The molecule has 0 fully saturated rings. The monoisotopic (exact) mass is 424 g/mol. The van der Waals surface area contributed by atoms with Crippen LogP contribution in [0.2, 0.25) is 0 Å². The molecule has 0 aliphatic carbocycles. The first kappa shape index (κ1) is 18.3. The van der Waals surface area contributed by atoms with E-state index >= 15 is 0 Å². The van der Waals surface area contributed by atoms with Crippen molar-refractivity contribution in [2.75, 3.05) is 6.61 Å². The van der Waals surface area contributed by atoms with Gasteiger partial charge in [-0.2, -0.15) is 0 Å². The summed E-state index contributed by atoms with van der Waals surface area (Å²) in [4.78, 5) is 39.0. The second kappa shape index (κ2) is 5.82. The molecule has 0 unspecified atom stereocenters. The number of pyridine rings is 2. The van der Waals surface area contributed by atoms with Gasteiger partial charge in [0.1, 0.15) is 24.8 Å². The number of ether oxygens (including phenoxy) is 2. The van der Waals surface area contributed by atoms with Gasteiger partial charge in [0.2, 0.25) is 0 Å². The highest BCUT2D eigenvalue weighted by Gasteiger charge is 2.45. The van der Waals surface area contributed by atoms with Crippen LogP contribution in [0.3, 0.4) is 0 Å². The first-order chi connectivity index (χ1) is 14.8. The third-order valence-electron chi connectivity index (χ3n) is 6.58. The van der Waals surface area contributed by atoms with Crippen molar-refractivity contribution in [2.45, 2.75) is 38.6 Å². The number of rotatable bonds is 1. The molecule has 0 radical (unpaired) electrons. The second-order valence-electron chi connectivity index (χ2n) is 8.05. The SMILES string of the molecule is CC[C@@]1(O)C(=O)OCc2c1cc1n(c2=O)Cc2c-1c(=O)c1cc(F)cc3c1n2CCO3. The van der Waals surface area contributed by atoms with Gasteiger partial charge >= 0.3 is 5.97 Å². The summed E-state index contributed by atoms with van der Waals surface area (Å²) in [6.07, 6.45) is 0.0163. The van der Waals surface area contributed by atoms with E-state index in [1.165, 1.54) is 22.8 Å². The summed E-state index contributed by atoms with van der Waals surface area (Å²) >= 11 is 0. The van der Waals surface area contributed by atoms with Crippen molar-refractivity contribution in [1.29, 1.82) is 0 Å². The Morgan fingerprint density at radius 3 is 2.74 bits per heavy atom. The van der Waals surface area contributed by atoms with Crippen LogP contribution in [-0.2, 0) is 34.8 Å². The van der Waals surface area contributed by atoms with Crippen molar-refractivity contribution in [2.24, 2.45) is 0 Å². The summed E-state index contributed by atoms with van der Waals surface area (Å²) in [5.41, 5.74) is -0.709. The van der Waals surface area contributed by atoms with Crippen LogP contribution in [0.15, 0.2) is 27.8 Å². The molecule has 1 atom stereocenters. The topological polar surface area (TPSA) is 99.8 Å². The Bertz CT molecular complexity index is 1470. The smallest absolute Gasteiger partial charge is 0.343 e. The molecule has 0 bridgehead atoms. The number of cyclic esters (lactones) is 1. The molecule has 0 saturated carbocycles. The Labute approximate surface area is 174 Å². The molecule has 9 heteroatoms. The minimum Gasteiger partial charge on any atom is -0.489 e. The van der Waals surface area contributed by atoms with E-state index in [-0.39, 0.29) is 41.6 Å². The molecule has 0 saturated heterocycles. The first-order valence-corrected chi connectivity index (χ1v) is 10.0. The molecule has 3 aromatic rings. The summed E-state index contributed by atoms with van der Waals surface area (Å²) < 4.78 is 28.2. The fraction of sp³-hybridized carbons (Fsp3) is 0.318. The Kier molecular flexibility index (Phi) is 3.44. The van der Waals surface area contributed by atoms with E-state index in [0.717, 1.165) is 0 Å². The molecular formula is C22H17FN2O6. The third-order valence-corrected chi connectivity index (χ3v) is 6.58. The van der Waals surface area contributed by atoms with E-state index in [1.807, 2.05) is 4.57 Å². The van der Waals surface area contributed by atoms with Crippen LogP contribution in [0.5, 0.6) is 5.75 Å². The van der Waals surface area contributed by atoms with Crippen molar-refractivity contribution in [3.63, 3.8) is 0 Å². The summed E-state index contributed by atoms with van der Waals surface area (Å²) in [7, 11) is 0. The van der Waals surface area contributed by atoms with Crippen molar-refractivity contribution in [3.8, 4) is 17.0 Å². The van der Waals surface area contributed by atoms with Crippen molar-refractivity contribution in [3.05, 3.63) is 61.4 Å². The molecule has 3 aliphatic rings. The minimum atomic E-state index is -1.96. The number of hydrogen-bond acceptors (Lipinski definition) is 6. The van der Waals surface area contributed by atoms with Gasteiger partial charge in [0.25, 0.3) is 5.56 Å². The zero-order valence-electron chi connectivity index (χ0n) is 16.5. The molecule has 0 spiro atoms. The maximum atomic E-state index is 14.2. The van der Waals surface area contributed by atoms with Gasteiger partial charge in [-0.3, -0.25) is 9.59 Å². The van der Waals surface area contributed by atoms with E-state index in [0.29, 0.717) is 35.8 Å². The zero-order valence-corrected chi connectivity index (χ0v) is 16.5. The lowest BCUT2D eigenvalue weighted by Crippen LogP contribution is -2.44. The highest BCUT2D eigenvalue weighted by Crippen LogP contribution is 2.40. The predicted octanol–water partition coefficient (Wildman–Crippen LogP) is 1.38. The lowest BCUT2D eigenvalue weighted by atomic mass is 9.85. The lowest BCUT2D eigenvalue weighted by Gasteiger charge is -2.31. The van der Waals surface area contributed by atoms with Crippen LogP contribution in [0.4, 0.5) is 4.39 Å². The minimum absolute atomic E-state index is 0.0163. The second-order valence-corrected chi connectivity index (χ2v) is 8.05. The number of benzene rings is 1. The quantitative estimate of drug-likeness (QED) is 0.464. The third kappa shape index (κ3) is 2.13. The summed E-state index contributed by atoms with van der Waals surface area (Å²) in [5.74, 6) is -1.11. The fourth-order valence-electron chi connectivity index (χ4n) is 5.01. The summed E-state index contributed by atoms with van der Waals surface area (Å²) in [6, 6.07) is 3.96. The van der Waals surface area contributed by atoms with E-state index in [9.17, 15) is 23.9 Å². The first-order valence-electron chi connectivity index (χ1n) is 10.0. The van der Waals surface area contributed by atoms with Gasteiger partial charge < -0.3 is 23.7 Å². The van der Waals surface area contributed by atoms with E-state index < -0.39 is 28.4 Å². The van der Waals surface area contributed by atoms with Crippen LogP contribution in [0, 0.1) is 5.82 Å². The van der Waals surface area contributed by atoms with Gasteiger partial charge in [-0.05, 0) is 18.6 Å². The fourth-order valence-corrected chi connectivity index (χ4v) is 5.01. The van der Waals surface area contributed by atoms with Crippen LogP contribution in [0.1, 0.15) is 30.2 Å². The van der Waals surface area contributed by atoms with Crippen LogP contribution in [-0.4, -0.2) is 26.8 Å². The molecule has 5 heterocycles. The number of halogens is 1. The number of carbonyl (C=O) groups is 1. The number of aliphatic hydroxyl groups is 1. The Morgan fingerprint density at radius 1 is 1.16 bits per heavy atom. The number of fused-ring (bicyclic) bond motifs is 5. The molecule has 6 rings (SSSR count). The van der Waals surface area contributed by atoms with Gasteiger partial charge in [-0.15, -0.1) is 0 Å². The molecule has 31 heavy (non-hydrogen) atoms. The van der Waals surface area contributed by atoms with E-state index in [1.54, 1.807) is 6.92 Å². The normalized spacial score (nSPS) is 20.7. The molecule has 8 nitrogen and oxygen atoms in total. The van der Waals surface area contributed by atoms with Gasteiger partial charge in [-0.1, -0.05) is 6.92 Å². The van der Waals surface area contributed by atoms with Gasteiger partial charge in [0.15, 0.2) is 11.0 Å². The standard InChI is InChI=1S/C22H17FN2O6/c1-2-22(29)13-7-14-17-15(8-25(14)20(27)12(13)9-31-21(22)28)24-3-4-30-16-6-10(23)5-11(18(16)24)19(17)26/h5-7,29H,2-4,8-9H2,1H3/t22-/m0/s1. The summed E-state index contributed by atoms with van der Waals surface area (Å²) in [5, 5.41) is 11.1. The average Bonchev–Trinajstić information content (AvgIpc) is 3.15. The molecule has 3 aliphatic heterocycles. The van der Waals surface area contributed by atoms with Gasteiger partial charge in [0, 0.05) is 11.6 Å². The molecule has 1 N–H and O–H groups in total. The van der Waals surface area contributed by atoms with Crippen molar-refractivity contribution >= 4 is 16.9 Å². The lowest BCUT2D eigenvalue weighted by molar-refractivity contribution is -0.172. The Morgan fingerprint density at radius 2 is 1.97 bits per heavy atom. The zero-order chi connectivity index (χ0) is 21.7. The highest BCUT2D eigenvalue weighted by atomic mass is 19.1. The summed E-state index contributed by atoms with van der Waals surface area (Å²) in [6.45, 7) is 2.28. The van der Waals surface area contributed by atoms with Crippen LogP contribution >= 0.6 is 0 Å². The van der Waals surface area contributed by atoms with Gasteiger partial charge in [0.05, 0.1) is 46.5 Å². The number of esters is 1. The molecular weight excluding hydrogens is 407 g/mol. The number of aromatic nitrogens is 2. The van der Waals surface area contributed by atoms with Crippen molar-refractivity contribution in [1.82, 2.24) is 9.13 Å². The maximum Gasteiger partial charge on any atom is 0.343 e. The van der Waals surface area contributed by atoms with Crippen molar-refractivity contribution < 1.29 is 23.8 Å². The number of carbonyl (C=O) groups excluding carboxylic acids is 1. The molecule has 158 valence electrons. The maximum absolute atomic E-state index is 14.2. The molecule has 0 amide bonds. The Balaban J connectivity index is 1.73. The molecule has 2 aromatic heterocycles. The predicted molar refractivity (Wildman–Crippen MR) is 106 cm³/mol.